The van der Waals surface area contributed by atoms with Crippen LogP contribution in [0.25, 0.3) is 0 Å². The number of aromatic nitrogens is 7. The minimum Gasteiger partial charge on any atom is -0.355 e. The van der Waals surface area contributed by atoms with Crippen LogP contribution in [0.4, 0.5) is 0 Å². The molecule has 0 spiro atoms. The molecule has 2 aromatic rings. The van der Waals surface area contributed by atoms with Crippen LogP contribution < -0.4 is 5.32 Å². The molecule has 19 heavy (non-hydrogen) atoms. The lowest BCUT2D eigenvalue weighted by Crippen LogP contribution is -2.26. The third-order valence-electron chi connectivity index (χ3n) is 2.19. The Hall–Kier alpha value is -1.97. The molecular weight excluding hydrogens is 268 g/mol. The standard InChI is InChI=1S/C9H14N8OS/c1-7-12-9(14-13-7)19-5-3-10-8(18)2-4-17-6-11-15-16-17/h6H,2-5H2,1H3,(H,10,18)(H,12,13,14). The highest BCUT2D eigenvalue weighted by Crippen LogP contribution is 2.10. The molecule has 9 nitrogen and oxygen atoms in total. The van der Waals surface area contributed by atoms with Gasteiger partial charge in [-0.25, -0.2) is 9.67 Å². The third kappa shape index (κ3) is 4.66. The van der Waals surface area contributed by atoms with Gasteiger partial charge in [-0.05, 0) is 17.4 Å². The molecule has 0 aliphatic carbocycles. The molecule has 0 fully saturated rings. The number of H-pyrrole nitrogens is 1. The van der Waals surface area contributed by atoms with E-state index in [1.807, 2.05) is 6.92 Å². The summed E-state index contributed by atoms with van der Waals surface area (Å²) in [6, 6.07) is 0. The predicted molar refractivity (Wildman–Crippen MR) is 67.3 cm³/mol. The maximum atomic E-state index is 11.5. The van der Waals surface area contributed by atoms with Crippen molar-refractivity contribution < 1.29 is 4.79 Å². The van der Waals surface area contributed by atoms with Gasteiger partial charge in [-0.3, -0.25) is 9.89 Å². The van der Waals surface area contributed by atoms with Crippen LogP contribution in [0, 0.1) is 6.92 Å². The van der Waals surface area contributed by atoms with Crippen LogP contribution in [0.5, 0.6) is 0 Å². The first kappa shape index (κ1) is 13.5. The van der Waals surface area contributed by atoms with E-state index in [4.69, 9.17) is 0 Å². The Labute approximate surface area is 113 Å². The molecule has 0 aliphatic rings. The van der Waals surface area contributed by atoms with E-state index in [9.17, 15) is 4.79 Å². The van der Waals surface area contributed by atoms with Crippen LogP contribution in [-0.4, -0.2) is 53.6 Å². The van der Waals surface area contributed by atoms with Crippen LogP contribution in [0.3, 0.4) is 0 Å². The lowest BCUT2D eigenvalue weighted by atomic mass is 10.4. The number of thioether (sulfide) groups is 1. The fraction of sp³-hybridized carbons (Fsp3) is 0.556. The number of hydrogen-bond donors (Lipinski definition) is 2. The van der Waals surface area contributed by atoms with Gasteiger partial charge in [0.2, 0.25) is 11.1 Å². The van der Waals surface area contributed by atoms with Crippen LogP contribution in [-0.2, 0) is 11.3 Å². The maximum absolute atomic E-state index is 11.5. The summed E-state index contributed by atoms with van der Waals surface area (Å²) < 4.78 is 1.52. The second-order valence-corrected chi connectivity index (χ2v) is 4.79. The van der Waals surface area contributed by atoms with Crippen molar-refractivity contribution in [2.45, 2.75) is 25.0 Å². The van der Waals surface area contributed by atoms with Crippen molar-refractivity contribution >= 4 is 17.7 Å². The third-order valence-corrected chi connectivity index (χ3v) is 3.04. The van der Waals surface area contributed by atoms with Gasteiger partial charge in [0, 0.05) is 18.7 Å². The number of rotatable bonds is 7. The second-order valence-electron chi connectivity index (χ2n) is 3.72. The van der Waals surface area contributed by atoms with E-state index in [0.29, 0.717) is 24.7 Å². The van der Waals surface area contributed by atoms with Crippen LogP contribution in [0.15, 0.2) is 11.5 Å². The molecule has 0 aromatic carbocycles. The number of amides is 1. The molecule has 0 saturated heterocycles. The zero-order valence-electron chi connectivity index (χ0n) is 10.4. The lowest BCUT2D eigenvalue weighted by molar-refractivity contribution is -0.121. The lowest BCUT2D eigenvalue weighted by Gasteiger charge is -2.03. The molecule has 1 amide bonds. The first-order valence-electron chi connectivity index (χ1n) is 5.73. The zero-order valence-corrected chi connectivity index (χ0v) is 11.2. The molecule has 0 bridgehead atoms. The molecule has 102 valence electrons. The van der Waals surface area contributed by atoms with Crippen molar-refractivity contribution in [2.75, 3.05) is 12.3 Å². The highest BCUT2D eigenvalue weighted by molar-refractivity contribution is 7.99. The second kappa shape index (κ2) is 6.83. The highest BCUT2D eigenvalue weighted by Gasteiger charge is 2.03. The predicted octanol–water partition coefficient (Wildman–Crippen LogP) is -0.602. The average molecular weight is 282 g/mol. The van der Waals surface area contributed by atoms with Gasteiger partial charge >= 0.3 is 0 Å². The van der Waals surface area contributed by atoms with Crippen molar-refractivity contribution in [1.29, 1.82) is 0 Å². The number of aryl methyl sites for hydroxylation is 2. The van der Waals surface area contributed by atoms with E-state index in [0.717, 1.165) is 11.6 Å². The van der Waals surface area contributed by atoms with Crippen LogP contribution in [0.2, 0.25) is 0 Å². The molecule has 10 heteroatoms. The number of tetrazole rings is 1. The van der Waals surface area contributed by atoms with E-state index >= 15 is 0 Å². The van der Waals surface area contributed by atoms with E-state index in [1.165, 1.54) is 22.8 Å². The first-order valence-corrected chi connectivity index (χ1v) is 6.72. The number of aromatic amines is 1. The Bertz CT molecular complexity index is 510. The van der Waals surface area contributed by atoms with Gasteiger partial charge < -0.3 is 5.32 Å². The number of carbonyl (C=O) groups excluding carboxylic acids is 1. The maximum Gasteiger partial charge on any atom is 0.221 e. The highest BCUT2D eigenvalue weighted by atomic mass is 32.2. The Balaban J connectivity index is 1.56. The molecule has 2 heterocycles. The van der Waals surface area contributed by atoms with Crippen molar-refractivity contribution in [1.82, 2.24) is 40.7 Å². The fourth-order valence-corrected chi connectivity index (χ4v) is 2.01. The summed E-state index contributed by atoms with van der Waals surface area (Å²) in [4.78, 5) is 15.7. The summed E-state index contributed by atoms with van der Waals surface area (Å²) in [7, 11) is 0. The quantitative estimate of drug-likeness (QED) is 0.514. The Morgan fingerprint density at radius 1 is 1.58 bits per heavy atom. The van der Waals surface area contributed by atoms with Gasteiger partial charge in [-0.1, -0.05) is 11.8 Å². The van der Waals surface area contributed by atoms with Crippen LogP contribution >= 0.6 is 11.8 Å². The molecule has 2 rings (SSSR count). The summed E-state index contributed by atoms with van der Waals surface area (Å²) in [5, 5.41) is 20.9. The molecule has 0 radical (unpaired) electrons. The summed E-state index contributed by atoms with van der Waals surface area (Å²) in [6.07, 6.45) is 1.84. The molecule has 0 atom stereocenters. The largest absolute Gasteiger partial charge is 0.355 e. The number of nitrogens with one attached hydrogen (secondary N) is 2. The smallest absolute Gasteiger partial charge is 0.221 e. The number of carbonyl (C=O) groups is 1. The van der Waals surface area contributed by atoms with Gasteiger partial charge in [0.05, 0.1) is 6.54 Å². The minimum atomic E-state index is -0.0257. The molecule has 0 saturated carbocycles. The number of nitrogens with zero attached hydrogens (tertiary/aromatic N) is 6. The van der Waals surface area contributed by atoms with Gasteiger partial charge in [-0.2, -0.15) is 0 Å². The molecule has 0 unspecified atom stereocenters. The molecular formula is C9H14N8OS. The SMILES string of the molecule is Cc1nc(SCCNC(=O)CCn2cnnn2)n[nH]1. The molecule has 0 aliphatic heterocycles. The van der Waals surface area contributed by atoms with E-state index in [1.54, 1.807) is 0 Å². The molecule has 2 aromatic heterocycles. The van der Waals surface area contributed by atoms with Crippen LogP contribution in [0.1, 0.15) is 12.2 Å². The number of hydrogen-bond acceptors (Lipinski definition) is 7. The van der Waals surface area contributed by atoms with E-state index in [2.05, 4.69) is 36.0 Å². The van der Waals surface area contributed by atoms with Crippen molar-refractivity contribution in [3.63, 3.8) is 0 Å². The van der Waals surface area contributed by atoms with Gasteiger partial charge in [0.25, 0.3) is 0 Å². The monoisotopic (exact) mass is 282 g/mol. The van der Waals surface area contributed by atoms with E-state index in [-0.39, 0.29) is 5.91 Å². The Morgan fingerprint density at radius 3 is 3.16 bits per heavy atom. The Morgan fingerprint density at radius 2 is 2.47 bits per heavy atom. The van der Waals surface area contributed by atoms with Gasteiger partial charge in [0.1, 0.15) is 12.2 Å². The summed E-state index contributed by atoms with van der Waals surface area (Å²) in [5.74, 6) is 1.49. The van der Waals surface area contributed by atoms with Gasteiger partial charge in [0.15, 0.2) is 0 Å². The fourth-order valence-electron chi connectivity index (χ4n) is 1.31. The van der Waals surface area contributed by atoms with Crippen molar-refractivity contribution in [2.24, 2.45) is 0 Å². The summed E-state index contributed by atoms with van der Waals surface area (Å²) >= 11 is 1.49. The summed E-state index contributed by atoms with van der Waals surface area (Å²) in [6.45, 7) is 2.90. The minimum absolute atomic E-state index is 0.0257. The van der Waals surface area contributed by atoms with Crippen molar-refractivity contribution in [3.05, 3.63) is 12.2 Å². The normalized spacial score (nSPS) is 10.6. The summed E-state index contributed by atoms with van der Waals surface area (Å²) in [5.41, 5.74) is 0. The topological polar surface area (TPSA) is 114 Å². The molecule has 2 N–H and O–H groups in total. The first-order chi connectivity index (χ1) is 9.24. The van der Waals surface area contributed by atoms with Gasteiger partial charge in [-0.15, -0.1) is 10.2 Å². The zero-order chi connectivity index (χ0) is 13.5. The average Bonchev–Trinajstić information content (AvgIpc) is 3.04. The van der Waals surface area contributed by atoms with Crippen molar-refractivity contribution in [3.8, 4) is 0 Å². The Kier molecular flexibility index (Phi) is 4.84. The van der Waals surface area contributed by atoms with E-state index < -0.39 is 0 Å².